The highest BCUT2D eigenvalue weighted by Gasteiger charge is 2.24. The van der Waals surface area contributed by atoms with Crippen LogP contribution in [0.5, 0.6) is 0 Å². The lowest BCUT2D eigenvalue weighted by molar-refractivity contribution is -0.120. The predicted octanol–water partition coefficient (Wildman–Crippen LogP) is 1.73. The number of imide groups is 1. The molecule has 0 aliphatic carbocycles. The van der Waals surface area contributed by atoms with Gasteiger partial charge in [0, 0.05) is 44.0 Å². The summed E-state index contributed by atoms with van der Waals surface area (Å²) in [5.74, 6) is 0.415. The molecule has 2 heterocycles. The molecule has 0 aromatic heterocycles. The molecule has 2 N–H and O–H groups in total. The van der Waals surface area contributed by atoms with Gasteiger partial charge in [0.15, 0.2) is 0 Å². The van der Waals surface area contributed by atoms with Crippen LogP contribution in [0.4, 0.5) is 16.2 Å². The fourth-order valence-electron chi connectivity index (χ4n) is 3.32. The Balaban J connectivity index is 1.61. The van der Waals surface area contributed by atoms with Crippen LogP contribution in [0.1, 0.15) is 25.7 Å². The van der Waals surface area contributed by atoms with E-state index in [9.17, 15) is 9.59 Å². The molecule has 124 valence electrons. The van der Waals surface area contributed by atoms with E-state index in [0.29, 0.717) is 18.9 Å². The van der Waals surface area contributed by atoms with E-state index in [2.05, 4.69) is 10.2 Å². The number of aliphatic hydroxyl groups is 1. The van der Waals surface area contributed by atoms with E-state index in [1.54, 1.807) is 4.90 Å². The number of carbonyl (C=O) groups is 2. The zero-order valence-corrected chi connectivity index (χ0v) is 13.2. The maximum absolute atomic E-state index is 11.9. The Kier molecular flexibility index (Phi) is 4.81. The van der Waals surface area contributed by atoms with E-state index in [1.807, 2.05) is 24.3 Å². The number of hydrogen-bond acceptors (Lipinski definition) is 4. The molecule has 0 unspecified atom stereocenters. The topological polar surface area (TPSA) is 72.9 Å². The van der Waals surface area contributed by atoms with Gasteiger partial charge in [0.2, 0.25) is 5.91 Å². The van der Waals surface area contributed by atoms with Gasteiger partial charge in [-0.05, 0) is 49.4 Å². The number of piperidine rings is 1. The first-order valence-electron chi connectivity index (χ1n) is 8.24. The molecule has 0 atom stereocenters. The maximum Gasteiger partial charge on any atom is 0.328 e. The summed E-state index contributed by atoms with van der Waals surface area (Å²) in [6.45, 7) is 2.71. The number of amides is 3. The lowest BCUT2D eigenvalue weighted by Crippen LogP contribution is -2.49. The number of aliphatic hydroxyl groups excluding tert-OH is 1. The number of carbonyl (C=O) groups excluding carboxylic acids is 2. The molecule has 6 nitrogen and oxygen atoms in total. The SMILES string of the molecule is O=C1CCN(c2ccc(N3CCC(CCO)CC3)cc2)C(=O)N1. The van der Waals surface area contributed by atoms with Crippen molar-refractivity contribution in [2.45, 2.75) is 25.7 Å². The van der Waals surface area contributed by atoms with Gasteiger partial charge in [0.25, 0.3) is 0 Å². The van der Waals surface area contributed by atoms with Crippen molar-refractivity contribution in [3.05, 3.63) is 24.3 Å². The molecule has 0 saturated carbocycles. The molecule has 0 bridgehead atoms. The fourth-order valence-corrected chi connectivity index (χ4v) is 3.32. The van der Waals surface area contributed by atoms with Gasteiger partial charge in [-0.25, -0.2) is 4.79 Å². The van der Waals surface area contributed by atoms with Crippen LogP contribution >= 0.6 is 0 Å². The van der Waals surface area contributed by atoms with Crippen LogP contribution in [0.2, 0.25) is 0 Å². The number of anilines is 2. The molecule has 2 aliphatic heterocycles. The van der Waals surface area contributed by atoms with Crippen LogP contribution in [-0.2, 0) is 4.79 Å². The second kappa shape index (κ2) is 7.00. The summed E-state index contributed by atoms with van der Waals surface area (Å²) in [4.78, 5) is 27.0. The third-order valence-electron chi connectivity index (χ3n) is 4.73. The van der Waals surface area contributed by atoms with E-state index in [-0.39, 0.29) is 18.5 Å². The van der Waals surface area contributed by atoms with Crippen molar-refractivity contribution in [2.24, 2.45) is 5.92 Å². The summed E-state index contributed by atoms with van der Waals surface area (Å²) >= 11 is 0. The second-order valence-corrected chi connectivity index (χ2v) is 6.21. The zero-order chi connectivity index (χ0) is 16.2. The largest absolute Gasteiger partial charge is 0.396 e. The van der Waals surface area contributed by atoms with Crippen molar-refractivity contribution < 1.29 is 14.7 Å². The highest BCUT2D eigenvalue weighted by Crippen LogP contribution is 2.27. The molecule has 23 heavy (non-hydrogen) atoms. The average Bonchev–Trinajstić information content (AvgIpc) is 2.56. The second-order valence-electron chi connectivity index (χ2n) is 6.21. The van der Waals surface area contributed by atoms with Gasteiger partial charge < -0.3 is 10.0 Å². The molecular formula is C17H23N3O3. The van der Waals surface area contributed by atoms with Crippen LogP contribution in [0, 0.1) is 5.92 Å². The van der Waals surface area contributed by atoms with Gasteiger partial charge in [0.1, 0.15) is 0 Å². The first kappa shape index (κ1) is 15.8. The highest BCUT2D eigenvalue weighted by atomic mass is 16.3. The quantitative estimate of drug-likeness (QED) is 0.887. The number of nitrogens with one attached hydrogen (secondary N) is 1. The smallest absolute Gasteiger partial charge is 0.328 e. The first-order chi connectivity index (χ1) is 11.2. The van der Waals surface area contributed by atoms with Gasteiger partial charge >= 0.3 is 6.03 Å². The van der Waals surface area contributed by atoms with E-state index in [1.165, 1.54) is 0 Å². The number of benzene rings is 1. The minimum absolute atomic E-state index is 0.214. The van der Waals surface area contributed by atoms with Gasteiger partial charge in [-0.1, -0.05) is 0 Å². The zero-order valence-electron chi connectivity index (χ0n) is 13.2. The minimum Gasteiger partial charge on any atom is -0.396 e. The molecule has 1 aromatic carbocycles. The Labute approximate surface area is 136 Å². The third kappa shape index (κ3) is 3.64. The lowest BCUT2D eigenvalue weighted by atomic mass is 9.93. The highest BCUT2D eigenvalue weighted by molar-refractivity contribution is 6.05. The Hall–Kier alpha value is -2.08. The summed E-state index contributed by atoms with van der Waals surface area (Å²) in [5.41, 5.74) is 1.97. The van der Waals surface area contributed by atoms with Crippen molar-refractivity contribution in [2.75, 3.05) is 36.0 Å². The minimum atomic E-state index is -0.348. The summed E-state index contributed by atoms with van der Waals surface area (Å²) < 4.78 is 0. The van der Waals surface area contributed by atoms with Crippen molar-refractivity contribution in [3.8, 4) is 0 Å². The van der Waals surface area contributed by atoms with E-state index in [0.717, 1.165) is 43.7 Å². The van der Waals surface area contributed by atoms with Gasteiger partial charge in [-0.2, -0.15) is 0 Å². The standard InChI is InChI=1S/C17H23N3O3/c21-12-8-13-5-9-19(10-6-13)14-1-3-15(4-2-14)20-11-7-16(22)18-17(20)23/h1-4,13,21H,5-12H2,(H,18,22,23). The Morgan fingerprint density at radius 2 is 1.70 bits per heavy atom. The van der Waals surface area contributed by atoms with Crippen molar-refractivity contribution in [1.82, 2.24) is 5.32 Å². The van der Waals surface area contributed by atoms with Crippen LogP contribution < -0.4 is 15.1 Å². The fraction of sp³-hybridized carbons (Fsp3) is 0.529. The Bertz CT molecular complexity index is 565. The summed E-state index contributed by atoms with van der Waals surface area (Å²) in [7, 11) is 0. The van der Waals surface area contributed by atoms with Gasteiger partial charge in [0.05, 0.1) is 0 Å². The van der Waals surface area contributed by atoms with Crippen LogP contribution in [0.15, 0.2) is 24.3 Å². The van der Waals surface area contributed by atoms with Gasteiger partial charge in [-0.15, -0.1) is 0 Å². The molecule has 3 rings (SSSR count). The monoisotopic (exact) mass is 317 g/mol. The summed E-state index contributed by atoms with van der Waals surface area (Å²) in [5, 5.41) is 11.4. The molecule has 1 aromatic rings. The lowest BCUT2D eigenvalue weighted by Gasteiger charge is -2.34. The number of hydrogen-bond donors (Lipinski definition) is 2. The average molecular weight is 317 g/mol. The van der Waals surface area contributed by atoms with E-state index >= 15 is 0 Å². The van der Waals surface area contributed by atoms with E-state index in [4.69, 9.17) is 5.11 Å². The van der Waals surface area contributed by atoms with Crippen molar-refractivity contribution >= 4 is 23.3 Å². The number of urea groups is 1. The van der Waals surface area contributed by atoms with Crippen LogP contribution in [-0.4, -0.2) is 43.3 Å². The number of nitrogens with zero attached hydrogens (tertiary/aromatic N) is 2. The first-order valence-corrected chi connectivity index (χ1v) is 8.24. The third-order valence-corrected chi connectivity index (χ3v) is 4.73. The summed E-state index contributed by atoms with van der Waals surface area (Å²) in [6, 6.07) is 7.59. The Morgan fingerprint density at radius 1 is 1.04 bits per heavy atom. The Morgan fingerprint density at radius 3 is 2.30 bits per heavy atom. The van der Waals surface area contributed by atoms with Gasteiger partial charge in [-0.3, -0.25) is 15.0 Å². The van der Waals surface area contributed by atoms with Crippen LogP contribution in [0.3, 0.4) is 0 Å². The normalized spacial score (nSPS) is 19.9. The summed E-state index contributed by atoms with van der Waals surface area (Å²) in [6.07, 6.45) is 3.46. The maximum atomic E-state index is 11.9. The molecule has 0 radical (unpaired) electrons. The molecule has 2 aliphatic rings. The molecule has 2 fully saturated rings. The molecule has 6 heteroatoms. The molecule has 3 amide bonds. The van der Waals surface area contributed by atoms with E-state index < -0.39 is 0 Å². The van der Waals surface area contributed by atoms with Crippen molar-refractivity contribution in [1.29, 1.82) is 0 Å². The molecule has 2 saturated heterocycles. The van der Waals surface area contributed by atoms with Crippen LogP contribution in [0.25, 0.3) is 0 Å². The predicted molar refractivity (Wildman–Crippen MR) is 88.6 cm³/mol. The number of rotatable bonds is 4. The van der Waals surface area contributed by atoms with Crippen molar-refractivity contribution in [3.63, 3.8) is 0 Å². The molecular weight excluding hydrogens is 294 g/mol. The molecule has 0 spiro atoms.